The van der Waals surface area contributed by atoms with E-state index in [2.05, 4.69) is 15.9 Å². The van der Waals surface area contributed by atoms with E-state index in [1.54, 1.807) is 6.07 Å². The average Bonchev–Trinajstić information content (AvgIpc) is 2.11. The zero-order valence-electron chi connectivity index (χ0n) is 11.7. The van der Waals surface area contributed by atoms with Crippen LogP contribution in [0.3, 0.4) is 0 Å². The Morgan fingerprint density at radius 3 is 2.00 bits per heavy atom. The highest BCUT2D eigenvalue weighted by atomic mass is 79.9. The number of alkyl halides is 3. The molecular formula is C13H18BrF3OSi. The van der Waals surface area contributed by atoms with Crippen molar-refractivity contribution in [1.29, 1.82) is 0 Å². The van der Waals surface area contributed by atoms with Crippen molar-refractivity contribution in [3.63, 3.8) is 0 Å². The maximum Gasteiger partial charge on any atom is 0.421 e. The van der Waals surface area contributed by atoms with E-state index in [0.29, 0.717) is 5.56 Å². The van der Waals surface area contributed by atoms with Crippen molar-refractivity contribution in [1.82, 2.24) is 0 Å². The van der Waals surface area contributed by atoms with Crippen molar-refractivity contribution >= 4 is 25.0 Å². The lowest BCUT2D eigenvalue weighted by Crippen LogP contribution is -2.22. The minimum absolute atomic E-state index is 0.0176. The predicted octanol–water partition coefficient (Wildman–Crippen LogP) is 5.13. The first kappa shape index (κ1) is 16.6. The highest BCUT2D eigenvalue weighted by Gasteiger charge is 2.39. The molecule has 0 bridgehead atoms. The van der Waals surface area contributed by atoms with E-state index in [9.17, 15) is 13.2 Å². The Morgan fingerprint density at radius 2 is 1.63 bits per heavy atom. The summed E-state index contributed by atoms with van der Waals surface area (Å²) in [4.78, 5) is 0. The molecule has 1 aromatic carbocycles. The molecule has 0 radical (unpaired) electrons. The van der Waals surface area contributed by atoms with Crippen molar-refractivity contribution in [2.75, 3.05) is 0 Å². The van der Waals surface area contributed by atoms with Crippen LogP contribution in [0.4, 0.5) is 13.2 Å². The van der Waals surface area contributed by atoms with Gasteiger partial charge in [-0.1, -0.05) is 42.8 Å². The maximum absolute atomic E-state index is 13.2. The fourth-order valence-electron chi connectivity index (χ4n) is 1.77. The Hall–Kier alpha value is -0.493. The molecule has 0 aromatic heterocycles. The molecule has 6 heteroatoms. The molecule has 0 saturated carbocycles. The minimum Gasteiger partial charge on any atom is -0.546 e. The zero-order chi connectivity index (χ0) is 15.0. The van der Waals surface area contributed by atoms with Gasteiger partial charge in [0.2, 0.25) is 9.04 Å². The Morgan fingerprint density at radius 1 is 1.11 bits per heavy atom. The normalized spacial score (nSPS) is 12.9. The number of benzene rings is 1. The molecule has 1 rings (SSSR count). The van der Waals surface area contributed by atoms with E-state index in [-0.39, 0.29) is 10.2 Å². The summed E-state index contributed by atoms with van der Waals surface area (Å²) in [6, 6.07) is 3.14. The first-order chi connectivity index (χ1) is 8.44. The van der Waals surface area contributed by atoms with Crippen LogP contribution in [0.2, 0.25) is 13.1 Å². The highest BCUT2D eigenvalue weighted by molar-refractivity contribution is 9.10. The van der Waals surface area contributed by atoms with Crippen molar-refractivity contribution in [2.45, 2.75) is 45.5 Å². The number of hydrogen-bond donors (Lipinski definition) is 0. The van der Waals surface area contributed by atoms with Gasteiger partial charge in [-0.3, -0.25) is 0 Å². The molecule has 0 N–H and O–H groups in total. The molecule has 0 fully saturated rings. The lowest BCUT2D eigenvalue weighted by Gasteiger charge is -2.27. The van der Waals surface area contributed by atoms with Crippen LogP contribution in [0.15, 0.2) is 16.6 Å². The lowest BCUT2D eigenvalue weighted by molar-refractivity contribution is -0.139. The summed E-state index contributed by atoms with van der Waals surface area (Å²) < 4.78 is 45.3. The van der Waals surface area contributed by atoms with E-state index < -0.39 is 26.2 Å². The fraction of sp³-hybridized carbons (Fsp3) is 0.538. The van der Waals surface area contributed by atoms with E-state index in [4.69, 9.17) is 4.43 Å². The molecule has 0 unspecified atom stereocenters. The summed E-state index contributed by atoms with van der Waals surface area (Å²) in [5, 5.41) is 0. The molecule has 0 aliphatic heterocycles. The summed E-state index contributed by atoms with van der Waals surface area (Å²) in [5.74, 6) is -0.0176. The smallest absolute Gasteiger partial charge is 0.421 e. The van der Waals surface area contributed by atoms with Gasteiger partial charge in [0.1, 0.15) is 11.3 Å². The molecule has 19 heavy (non-hydrogen) atoms. The molecule has 0 heterocycles. The summed E-state index contributed by atoms with van der Waals surface area (Å²) in [7, 11) is -1.64. The van der Waals surface area contributed by atoms with E-state index in [1.807, 2.05) is 33.9 Å². The van der Waals surface area contributed by atoms with Gasteiger partial charge in [0, 0.05) is 4.47 Å². The van der Waals surface area contributed by atoms with Gasteiger partial charge in [0.15, 0.2) is 0 Å². The summed E-state index contributed by atoms with van der Waals surface area (Å²) in [6.07, 6.45) is -4.43. The molecule has 0 spiro atoms. The molecule has 0 saturated heterocycles. The largest absolute Gasteiger partial charge is 0.546 e. The van der Waals surface area contributed by atoms with Crippen LogP contribution in [0, 0.1) is 0 Å². The number of hydrogen-bond acceptors (Lipinski definition) is 1. The van der Waals surface area contributed by atoms with Gasteiger partial charge >= 0.3 is 6.18 Å². The third kappa shape index (κ3) is 3.98. The lowest BCUT2D eigenvalue weighted by atomic mass is 9.85. The summed E-state index contributed by atoms with van der Waals surface area (Å²) in [6.45, 7) is 9.35. The Bertz CT molecular complexity index is 464. The van der Waals surface area contributed by atoms with Crippen LogP contribution in [0.25, 0.3) is 0 Å². The third-order valence-electron chi connectivity index (χ3n) is 2.55. The number of rotatable bonds is 2. The molecule has 1 aromatic rings. The second-order valence-electron chi connectivity index (χ2n) is 5.71. The van der Waals surface area contributed by atoms with Gasteiger partial charge < -0.3 is 4.43 Å². The van der Waals surface area contributed by atoms with Crippen LogP contribution in [0.5, 0.6) is 5.75 Å². The maximum atomic E-state index is 13.2. The molecule has 108 valence electrons. The van der Waals surface area contributed by atoms with Gasteiger partial charge in [0.25, 0.3) is 0 Å². The van der Waals surface area contributed by atoms with Crippen LogP contribution in [-0.2, 0) is 11.6 Å². The predicted molar refractivity (Wildman–Crippen MR) is 77.3 cm³/mol. The SMILES string of the molecule is C[SiH](C)Oc1c(C(C)(C)C)ccc(Br)c1C(F)(F)F. The van der Waals surface area contributed by atoms with Gasteiger partial charge in [-0.15, -0.1) is 0 Å². The van der Waals surface area contributed by atoms with Gasteiger partial charge in [-0.2, -0.15) is 13.2 Å². The van der Waals surface area contributed by atoms with E-state index >= 15 is 0 Å². The van der Waals surface area contributed by atoms with Gasteiger partial charge in [0.05, 0.1) is 0 Å². The van der Waals surface area contributed by atoms with Gasteiger partial charge in [-0.25, -0.2) is 0 Å². The Balaban J connectivity index is 3.60. The van der Waals surface area contributed by atoms with Crippen LogP contribution in [0.1, 0.15) is 31.9 Å². The standard InChI is InChI=1S/C13H18BrF3OSi/c1-12(2,3)8-6-7-9(14)10(13(15,16)17)11(8)18-19(4)5/h6-7,19H,1-5H3. The molecule has 0 atom stereocenters. The molecule has 0 aliphatic carbocycles. The van der Waals surface area contributed by atoms with Gasteiger partial charge in [-0.05, 0) is 30.1 Å². The topological polar surface area (TPSA) is 9.23 Å². The second kappa shape index (κ2) is 5.48. The van der Waals surface area contributed by atoms with Crippen molar-refractivity contribution < 1.29 is 17.6 Å². The van der Waals surface area contributed by atoms with Crippen molar-refractivity contribution in [3.8, 4) is 5.75 Å². The Labute approximate surface area is 122 Å². The highest BCUT2D eigenvalue weighted by Crippen LogP contribution is 2.46. The molecule has 0 amide bonds. The third-order valence-corrected chi connectivity index (χ3v) is 3.92. The summed E-state index contributed by atoms with van der Waals surface area (Å²) >= 11 is 2.99. The van der Waals surface area contributed by atoms with Crippen molar-refractivity contribution in [3.05, 3.63) is 27.7 Å². The monoisotopic (exact) mass is 354 g/mol. The molecule has 1 nitrogen and oxygen atoms in total. The zero-order valence-corrected chi connectivity index (χ0v) is 14.4. The summed E-state index contributed by atoms with van der Waals surface area (Å²) in [5.41, 5.74) is -0.523. The second-order valence-corrected chi connectivity index (χ2v) is 8.90. The van der Waals surface area contributed by atoms with Crippen LogP contribution in [-0.4, -0.2) is 9.04 Å². The fourth-order valence-corrected chi connectivity index (χ4v) is 3.02. The Kier molecular flexibility index (Phi) is 4.78. The number of halogens is 4. The molecule has 0 aliphatic rings. The first-order valence-electron chi connectivity index (χ1n) is 6.01. The molecular weight excluding hydrogens is 337 g/mol. The minimum atomic E-state index is -4.43. The van der Waals surface area contributed by atoms with E-state index in [0.717, 1.165) is 0 Å². The van der Waals surface area contributed by atoms with Crippen molar-refractivity contribution in [2.24, 2.45) is 0 Å². The van der Waals surface area contributed by atoms with Crippen LogP contribution >= 0.6 is 15.9 Å². The first-order valence-corrected chi connectivity index (χ1v) is 9.58. The average molecular weight is 355 g/mol. The van der Waals surface area contributed by atoms with E-state index in [1.165, 1.54) is 6.07 Å². The quantitative estimate of drug-likeness (QED) is 0.669. The van der Waals surface area contributed by atoms with Crippen LogP contribution < -0.4 is 4.43 Å².